The van der Waals surface area contributed by atoms with Crippen LogP contribution >= 0.6 is 0 Å². The van der Waals surface area contributed by atoms with Crippen molar-refractivity contribution in [2.24, 2.45) is 0 Å². The second kappa shape index (κ2) is 6.24. The molecule has 24 heavy (non-hydrogen) atoms. The molecule has 2 aliphatic heterocycles. The molecule has 0 aliphatic carbocycles. The number of fused-ring (bicyclic) bond motifs is 1. The van der Waals surface area contributed by atoms with E-state index in [1.165, 1.54) is 6.92 Å². The number of hydrogen-bond acceptors (Lipinski definition) is 5. The SMILES string of the molecule is CC(=O)O[C@@](C(=O)O)(c1ccccc1)C1NCCN2C(=O)CC[C@@H]12. The van der Waals surface area contributed by atoms with Crippen molar-refractivity contribution < 1.29 is 24.2 Å². The van der Waals surface area contributed by atoms with Crippen LogP contribution in [-0.2, 0) is 24.7 Å². The van der Waals surface area contributed by atoms with Gasteiger partial charge in [-0.15, -0.1) is 0 Å². The molecule has 0 spiro atoms. The maximum Gasteiger partial charge on any atom is 0.354 e. The molecular weight excluding hydrogens is 312 g/mol. The number of carbonyl (C=O) groups excluding carboxylic acids is 2. The smallest absolute Gasteiger partial charge is 0.354 e. The summed E-state index contributed by atoms with van der Waals surface area (Å²) in [7, 11) is 0. The number of hydrogen-bond donors (Lipinski definition) is 2. The first-order valence-electron chi connectivity index (χ1n) is 7.98. The molecule has 2 fully saturated rings. The number of amides is 1. The van der Waals surface area contributed by atoms with Gasteiger partial charge in [0.2, 0.25) is 11.5 Å². The molecule has 3 rings (SSSR count). The molecule has 1 aromatic rings. The summed E-state index contributed by atoms with van der Waals surface area (Å²) in [6.07, 6.45) is 0.924. The van der Waals surface area contributed by atoms with Gasteiger partial charge in [0.05, 0.1) is 12.1 Å². The molecule has 1 amide bonds. The summed E-state index contributed by atoms with van der Waals surface area (Å²) in [4.78, 5) is 37.8. The van der Waals surface area contributed by atoms with Crippen LogP contribution < -0.4 is 5.32 Å². The molecule has 3 atom stereocenters. The van der Waals surface area contributed by atoms with Crippen LogP contribution in [0.15, 0.2) is 30.3 Å². The number of esters is 1. The average molecular weight is 332 g/mol. The van der Waals surface area contributed by atoms with Gasteiger partial charge in [0, 0.05) is 32.0 Å². The highest BCUT2D eigenvalue weighted by Gasteiger charge is 2.57. The number of carboxylic acids is 1. The first-order valence-corrected chi connectivity index (χ1v) is 7.98. The van der Waals surface area contributed by atoms with Crippen LogP contribution in [0.5, 0.6) is 0 Å². The monoisotopic (exact) mass is 332 g/mol. The second-order valence-electron chi connectivity index (χ2n) is 6.13. The number of carboxylic acid groups (broad SMARTS) is 1. The molecule has 2 saturated heterocycles. The Morgan fingerprint density at radius 2 is 2.04 bits per heavy atom. The standard InChI is InChI=1S/C17H20N2O5/c1-11(20)24-17(16(22)23,12-5-3-2-4-6-12)15-13-7-8-14(21)19(13)10-9-18-15/h2-6,13,15,18H,7-10H2,1H3,(H,22,23)/t13-,15?,17-/m0/s1. The van der Waals surface area contributed by atoms with Crippen molar-refractivity contribution in [3.05, 3.63) is 35.9 Å². The van der Waals surface area contributed by atoms with Crippen molar-refractivity contribution >= 4 is 17.8 Å². The molecule has 1 unspecified atom stereocenters. The fourth-order valence-electron chi connectivity index (χ4n) is 3.80. The van der Waals surface area contributed by atoms with E-state index in [9.17, 15) is 19.5 Å². The number of nitrogens with one attached hydrogen (secondary N) is 1. The van der Waals surface area contributed by atoms with Crippen LogP contribution in [0.3, 0.4) is 0 Å². The van der Waals surface area contributed by atoms with Gasteiger partial charge in [0.15, 0.2) is 0 Å². The second-order valence-corrected chi connectivity index (χ2v) is 6.13. The van der Waals surface area contributed by atoms with Crippen LogP contribution in [-0.4, -0.2) is 53.0 Å². The molecule has 7 nitrogen and oxygen atoms in total. The van der Waals surface area contributed by atoms with Crippen LogP contribution in [0.4, 0.5) is 0 Å². The highest BCUT2D eigenvalue weighted by atomic mass is 16.6. The highest BCUT2D eigenvalue weighted by Crippen LogP contribution is 2.38. The van der Waals surface area contributed by atoms with E-state index in [0.29, 0.717) is 31.5 Å². The van der Waals surface area contributed by atoms with E-state index in [2.05, 4.69) is 5.32 Å². The maximum atomic E-state index is 12.3. The highest BCUT2D eigenvalue weighted by molar-refractivity contribution is 5.85. The molecular formula is C17H20N2O5. The predicted molar refractivity (Wildman–Crippen MR) is 84.0 cm³/mol. The van der Waals surface area contributed by atoms with Crippen LogP contribution in [0, 0.1) is 0 Å². The van der Waals surface area contributed by atoms with E-state index in [1.54, 1.807) is 35.2 Å². The van der Waals surface area contributed by atoms with Crippen molar-refractivity contribution in [1.29, 1.82) is 0 Å². The third-order valence-electron chi connectivity index (χ3n) is 4.74. The normalized spacial score (nSPS) is 25.7. The van der Waals surface area contributed by atoms with Crippen LogP contribution in [0.2, 0.25) is 0 Å². The lowest BCUT2D eigenvalue weighted by atomic mass is 9.80. The molecule has 2 aliphatic rings. The number of rotatable bonds is 4. The zero-order chi connectivity index (χ0) is 17.3. The van der Waals surface area contributed by atoms with Gasteiger partial charge in [-0.25, -0.2) is 4.79 Å². The Kier molecular flexibility index (Phi) is 4.28. The topological polar surface area (TPSA) is 95.9 Å². The number of ether oxygens (including phenoxy) is 1. The number of piperazine rings is 1. The molecule has 0 radical (unpaired) electrons. The molecule has 2 N–H and O–H groups in total. The molecule has 0 bridgehead atoms. The number of nitrogens with zero attached hydrogens (tertiary/aromatic N) is 1. The Morgan fingerprint density at radius 1 is 1.33 bits per heavy atom. The summed E-state index contributed by atoms with van der Waals surface area (Å²) in [5.41, 5.74) is -1.49. The number of benzene rings is 1. The van der Waals surface area contributed by atoms with Gasteiger partial charge in [-0.1, -0.05) is 30.3 Å². The maximum absolute atomic E-state index is 12.3. The third-order valence-corrected chi connectivity index (χ3v) is 4.74. The van der Waals surface area contributed by atoms with Gasteiger partial charge in [-0.3, -0.25) is 9.59 Å². The summed E-state index contributed by atoms with van der Waals surface area (Å²) >= 11 is 0. The van der Waals surface area contributed by atoms with Crippen LogP contribution in [0.25, 0.3) is 0 Å². The Hall–Kier alpha value is -2.41. The average Bonchev–Trinajstić information content (AvgIpc) is 2.94. The minimum absolute atomic E-state index is 0.0154. The van der Waals surface area contributed by atoms with Gasteiger partial charge in [-0.2, -0.15) is 0 Å². The van der Waals surface area contributed by atoms with E-state index >= 15 is 0 Å². The lowest BCUT2D eigenvalue weighted by Crippen LogP contribution is -2.67. The van der Waals surface area contributed by atoms with Crippen molar-refractivity contribution in [2.45, 2.75) is 37.5 Å². The molecule has 1 aromatic carbocycles. The van der Waals surface area contributed by atoms with E-state index in [1.807, 2.05) is 0 Å². The summed E-state index contributed by atoms with van der Waals surface area (Å²) < 4.78 is 5.43. The molecule has 128 valence electrons. The summed E-state index contributed by atoms with van der Waals surface area (Å²) in [5.74, 6) is -1.91. The van der Waals surface area contributed by atoms with Crippen molar-refractivity contribution in [1.82, 2.24) is 10.2 Å². The quantitative estimate of drug-likeness (QED) is 0.779. The van der Waals surface area contributed by atoms with E-state index < -0.39 is 23.6 Å². The molecule has 7 heteroatoms. The van der Waals surface area contributed by atoms with Gasteiger partial charge in [0.1, 0.15) is 0 Å². The summed E-state index contributed by atoms with van der Waals surface area (Å²) in [6.45, 7) is 2.18. The zero-order valence-corrected chi connectivity index (χ0v) is 13.4. The van der Waals surface area contributed by atoms with Crippen molar-refractivity contribution in [3.63, 3.8) is 0 Å². The fourth-order valence-corrected chi connectivity index (χ4v) is 3.80. The van der Waals surface area contributed by atoms with E-state index in [0.717, 1.165) is 0 Å². The lowest BCUT2D eigenvalue weighted by molar-refractivity contribution is -0.187. The number of carbonyl (C=O) groups is 3. The Balaban J connectivity index is 2.11. The molecule has 2 heterocycles. The van der Waals surface area contributed by atoms with Crippen molar-refractivity contribution in [2.75, 3.05) is 13.1 Å². The van der Waals surface area contributed by atoms with E-state index in [4.69, 9.17) is 4.74 Å². The van der Waals surface area contributed by atoms with E-state index in [-0.39, 0.29) is 11.9 Å². The third kappa shape index (κ3) is 2.54. The minimum Gasteiger partial charge on any atom is -0.478 e. The largest absolute Gasteiger partial charge is 0.478 e. The van der Waals surface area contributed by atoms with Gasteiger partial charge < -0.3 is 20.1 Å². The summed E-state index contributed by atoms with van der Waals surface area (Å²) in [5, 5.41) is 13.2. The number of aliphatic carboxylic acids is 1. The first kappa shape index (κ1) is 16.4. The van der Waals surface area contributed by atoms with Gasteiger partial charge in [0.25, 0.3) is 0 Å². The minimum atomic E-state index is -1.87. The van der Waals surface area contributed by atoms with Gasteiger partial charge in [-0.05, 0) is 6.42 Å². The van der Waals surface area contributed by atoms with Crippen LogP contribution in [0.1, 0.15) is 25.3 Å². The predicted octanol–water partition coefficient (Wildman–Crippen LogP) is 0.492. The first-order chi connectivity index (χ1) is 11.5. The van der Waals surface area contributed by atoms with Gasteiger partial charge >= 0.3 is 11.9 Å². The molecule has 0 saturated carbocycles. The fraction of sp³-hybridized carbons (Fsp3) is 0.471. The lowest BCUT2D eigenvalue weighted by Gasteiger charge is -2.45. The summed E-state index contributed by atoms with van der Waals surface area (Å²) in [6, 6.07) is 7.42. The van der Waals surface area contributed by atoms with Crippen molar-refractivity contribution in [3.8, 4) is 0 Å². The Morgan fingerprint density at radius 3 is 2.67 bits per heavy atom. The Labute approximate surface area is 139 Å². The molecule has 0 aromatic heterocycles. The Bertz CT molecular complexity index is 662. The zero-order valence-electron chi connectivity index (χ0n) is 13.4.